The molecule has 1 saturated heterocycles. The van der Waals surface area contributed by atoms with Gasteiger partial charge in [-0.05, 0) is 30.0 Å². The quantitative estimate of drug-likeness (QED) is 0.759. The van der Waals surface area contributed by atoms with Gasteiger partial charge in [0.1, 0.15) is 0 Å². The average Bonchev–Trinajstić information content (AvgIpc) is 2.67. The van der Waals surface area contributed by atoms with Crippen LogP contribution in [0.5, 0.6) is 0 Å². The SMILES string of the molecule is CC[C@@H](C)c1ccc(S(=O)(=O)N2CCN(C(=O)CCNC(C)=O)CC2)cc1. The number of benzene rings is 1. The summed E-state index contributed by atoms with van der Waals surface area (Å²) in [5.74, 6) is 0.158. The van der Waals surface area contributed by atoms with E-state index in [1.165, 1.54) is 11.2 Å². The second-order valence-electron chi connectivity index (χ2n) is 6.90. The van der Waals surface area contributed by atoms with Crippen LogP contribution in [-0.4, -0.2) is 62.2 Å². The Balaban J connectivity index is 1.94. The standard InChI is InChI=1S/C19H29N3O4S/c1-4-15(2)17-5-7-18(8-6-17)27(25,26)22-13-11-21(12-14-22)19(24)9-10-20-16(3)23/h5-8,15H,4,9-14H2,1-3H3,(H,20,23)/t15-/m1/s1. The first-order chi connectivity index (χ1) is 12.8. The van der Waals surface area contributed by atoms with E-state index in [9.17, 15) is 18.0 Å². The predicted molar refractivity (Wildman–Crippen MR) is 104 cm³/mol. The number of nitrogens with one attached hydrogen (secondary N) is 1. The van der Waals surface area contributed by atoms with Crippen molar-refractivity contribution in [2.24, 2.45) is 0 Å². The van der Waals surface area contributed by atoms with Crippen molar-refractivity contribution >= 4 is 21.8 Å². The summed E-state index contributed by atoms with van der Waals surface area (Å²) in [6.07, 6.45) is 1.23. The van der Waals surface area contributed by atoms with Gasteiger partial charge in [-0.2, -0.15) is 4.31 Å². The minimum atomic E-state index is -3.55. The molecule has 0 saturated carbocycles. The second-order valence-corrected chi connectivity index (χ2v) is 8.83. The molecular formula is C19H29N3O4S. The molecule has 1 N–H and O–H groups in total. The number of nitrogens with zero attached hydrogens (tertiary/aromatic N) is 2. The maximum atomic E-state index is 12.8. The smallest absolute Gasteiger partial charge is 0.243 e. The Labute approximate surface area is 161 Å². The predicted octanol–water partition coefficient (Wildman–Crippen LogP) is 1.56. The summed E-state index contributed by atoms with van der Waals surface area (Å²) in [4.78, 5) is 24.9. The molecule has 8 heteroatoms. The molecule has 1 heterocycles. The highest BCUT2D eigenvalue weighted by Crippen LogP contribution is 2.23. The zero-order valence-corrected chi connectivity index (χ0v) is 17.1. The molecule has 0 radical (unpaired) electrons. The van der Waals surface area contributed by atoms with Gasteiger partial charge in [0.25, 0.3) is 0 Å². The molecule has 2 rings (SSSR count). The zero-order chi connectivity index (χ0) is 20.0. The zero-order valence-electron chi connectivity index (χ0n) is 16.3. The van der Waals surface area contributed by atoms with Gasteiger partial charge >= 0.3 is 0 Å². The lowest BCUT2D eigenvalue weighted by Gasteiger charge is -2.34. The Morgan fingerprint density at radius 1 is 1.11 bits per heavy atom. The topological polar surface area (TPSA) is 86.8 Å². The summed E-state index contributed by atoms with van der Waals surface area (Å²) in [6, 6.07) is 7.09. The van der Waals surface area contributed by atoms with Crippen molar-refractivity contribution in [3.63, 3.8) is 0 Å². The number of hydrogen-bond acceptors (Lipinski definition) is 4. The first-order valence-electron chi connectivity index (χ1n) is 9.38. The van der Waals surface area contributed by atoms with Crippen LogP contribution in [0, 0.1) is 0 Å². The van der Waals surface area contributed by atoms with Gasteiger partial charge in [0.15, 0.2) is 0 Å². The monoisotopic (exact) mass is 395 g/mol. The first-order valence-corrected chi connectivity index (χ1v) is 10.8. The van der Waals surface area contributed by atoms with E-state index in [2.05, 4.69) is 19.2 Å². The highest BCUT2D eigenvalue weighted by molar-refractivity contribution is 7.89. The molecule has 1 aliphatic rings. The van der Waals surface area contributed by atoms with Crippen molar-refractivity contribution in [1.82, 2.24) is 14.5 Å². The molecule has 0 aliphatic carbocycles. The van der Waals surface area contributed by atoms with E-state index >= 15 is 0 Å². The molecule has 0 bridgehead atoms. The van der Waals surface area contributed by atoms with Crippen LogP contribution in [0.1, 0.15) is 45.1 Å². The molecule has 0 unspecified atom stereocenters. The van der Waals surface area contributed by atoms with Gasteiger partial charge in [0.2, 0.25) is 21.8 Å². The fraction of sp³-hybridized carbons (Fsp3) is 0.579. The van der Waals surface area contributed by atoms with Crippen molar-refractivity contribution in [3.05, 3.63) is 29.8 Å². The second kappa shape index (κ2) is 9.32. The Morgan fingerprint density at radius 2 is 1.70 bits per heavy atom. The minimum Gasteiger partial charge on any atom is -0.356 e. The fourth-order valence-electron chi connectivity index (χ4n) is 3.03. The van der Waals surface area contributed by atoms with E-state index in [0.717, 1.165) is 12.0 Å². The van der Waals surface area contributed by atoms with Crippen LogP contribution in [0.25, 0.3) is 0 Å². The van der Waals surface area contributed by atoms with E-state index in [0.29, 0.717) is 30.4 Å². The van der Waals surface area contributed by atoms with Crippen molar-refractivity contribution in [3.8, 4) is 0 Å². The number of amides is 2. The molecule has 150 valence electrons. The minimum absolute atomic E-state index is 0.0706. The van der Waals surface area contributed by atoms with Crippen LogP contribution in [0.3, 0.4) is 0 Å². The lowest BCUT2D eigenvalue weighted by atomic mass is 9.99. The van der Waals surface area contributed by atoms with Crippen LogP contribution >= 0.6 is 0 Å². The van der Waals surface area contributed by atoms with Crippen molar-refractivity contribution in [2.45, 2.75) is 44.4 Å². The number of sulfonamides is 1. The molecule has 0 aromatic heterocycles. The Bertz CT molecular complexity index is 754. The molecule has 1 aromatic carbocycles. The molecule has 7 nitrogen and oxygen atoms in total. The molecule has 1 fully saturated rings. The maximum absolute atomic E-state index is 12.8. The van der Waals surface area contributed by atoms with Crippen LogP contribution in [0.15, 0.2) is 29.2 Å². The van der Waals surface area contributed by atoms with Gasteiger partial charge in [0, 0.05) is 46.1 Å². The highest BCUT2D eigenvalue weighted by atomic mass is 32.2. The van der Waals surface area contributed by atoms with Gasteiger partial charge in [0.05, 0.1) is 4.90 Å². The first kappa shape index (κ1) is 21.4. The molecule has 2 amide bonds. The normalized spacial score (nSPS) is 16.8. The third-order valence-corrected chi connectivity index (χ3v) is 6.92. The highest BCUT2D eigenvalue weighted by Gasteiger charge is 2.30. The van der Waals surface area contributed by atoms with Gasteiger partial charge in [-0.15, -0.1) is 0 Å². The van der Waals surface area contributed by atoms with Crippen LogP contribution in [0.4, 0.5) is 0 Å². The third-order valence-electron chi connectivity index (χ3n) is 5.00. The Hall–Kier alpha value is -1.93. The Morgan fingerprint density at radius 3 is 2.22 bits per heavy atom. The van der Waals surface area contributed by atoms with E-state index in [4.69, 9.17) is 0 Å². The molecule has 0 spiro atoms. The van der Waals surface area contributed by atoms with Gasteiger partial charge < -0.3 is 10.2 Å². The molecular weight excluding hydrogens is 366 g/mol. The molecule has 1 aromatic rings. The lowest BCUT2D eigenvalue weighted by Crippen LogP contribution is -2.50. The summed E-state index contributed by atoms with van der Waals surface area (Å²) < 4.78 is 27.1. The van der Waals surface area contributed by atoms with E-state index in [-0.39, 0.29) is 31.3 Å². The Kier molecular flexibility index (Phi) is 7.38. The van der Waals surface area contributed by atoms with Crippen LogP contribution in [-0.2, 0) is 19.6 Å². The van der Waals surface area contributed by atoms with Crippen molar-refractivity contribution in [2.75, 3.05) is 32.7 Å². The van der Waals surface area contributed by atoms with Gasteiger partial charge in [-0.3, -0.25) is 9.59 Å². The lowest BCUT2D eigenvalue weighted by molar-refractivity contribution is -0.132. The number of carbonyl (C=O) groups is 2. The van der Waals surface area contributed by atoms with E-state index in [1.54, 1.807) is 17.0 Å². The van der Waals surface area contributed by atoms with Crippen molar-refractivity contribution < 1.29 is 18.0 Å². The number of piperazine rings is 1. The molecule has 1 aliphatic heterocycles. The number of carbonyl (C=O) groups excluding carboxylic acids is 2. The van der Waals surface area contributed by atoms with Crippen molar-refractivity contribution in [1.29, 1.82) is 0 Å². The summed E-state index contributed by atoms with van der Waals surface area (Å²) in [5.41, 5.74) is 1.13. The van der Waals surface area contributed by atoms with Gasteiger partial charge in [-0.25, -0.2) is 8.42 Å². The fourth-order valence-corrected chi connectivity index (χ4v) is 4.46. The molecule has 27 heavy (non-hydrogen) atoms. The number of hydrogen-bond donors (Lipinski definition) is 1. The van der Waals surface area contributed by atoms with Gasteiger partial charge in [-0.1, -0.05) is 26.0 Å². The maximum Gasteiger partial charge on any atom is 0.243 e. The number of rotatable bonds is 7. The van der Waals surface area contributed by atoms with E-state index < -0.39 is 10.0 Å². The van der Waals surface area contributed by atoms with Crippen LogP contribution < -0.4 is 5.32 Å². The van der Waals surface area contributed by atoms with E-state index in [1.807, 2.05) is 12.1 Å². The summed E-state index contributed by atoms with van der Waals surface area (Å²) in [5, 5.41) is 2.59. The van der Waals surface area contributed by atoms with Crippen LogP contribution in [0.2, 0.25) is 0 Å². The molecule has 1 atom stereocenters. The largest absolute Gasteiger partial charge is 0.356 e. The summed E-state index contributed by atoms with van der Waals surface area (Å²) in [7, 11) is -3.55. The third kappa shape index (κ3) is 5.52. The summed E-state index contributed by atoms with van der Waals surface area (Å²) >= 11 is 0. The summed E-state index contributed by atoms with van der Waals surface area (Å²) in [6.45, 7) is 7.21. The average molecular weight is 396 g/mol.